The summed E-state index contributed by atoms with van der Waals surface area (Å²) in [5, 5.41) is 1.04. The van der Waals surface area contributed by atoms with E-state index in [2.05, 4.69) is 15.6 Å². The summed E-state index contributed by atoms with van der Waals surface area (Å²) in [4.78, 5) is 37.1. The summed E-state index contributed by atoms with van der Waals surface area (Å²) in [6.45, 7) is 2.03. The van der Waals surface area contributed by atoms with E-state index in [-0.39, 0.29) is 17.5 Å². The van der Waals surface area contributed by atoms with Crippen LogP contribution >= 0.6 is 0 Å². The van der Waals surface area contributed by atoms with E-state index in [0.717, 1.165) is 36.1 Å². The number of piperidine rings is 1. The molecule has 0 unspecified atom stereocenters. The van der Waals surface area contributed by atoms with Gasteiger partial charge in [0.15, 0.2) is 5.82 Å². The predicted octanol–water partition coefficient (Wildman–Crippen LogP) is 2.66. The molecule has 1 atom stereocenters. The van der Waals surface area contributed by atoms with Crippen molar-refractivity contribution in [3.63, 3.8) is 0 Å². The van der Waals surface area contributed by atoms with Crippen LogP contribution in [-0.4, -0.2) is 54.9 Å². The Morgan fingerprint density at radius 3 is 2.74 bits per heavy atom. The topological polar surface area (TPSA) is 125 Å². The van der Waals surface area contributed by atoms with Gasteiger partial charge in [0.1, 0.15) is 5.65 Å². The van der Waals surface area contributed by atoms with Crippen molar-refractivity contribution in [1.82, 2.24) is 24.0 Å². The first-order valence-corrected chi connectivity index (χ1v) is 12.2. The maximum Gasteiger partial charge on any atom is 0.254 e. The van der Waals surface area contributed by atoms with Gasteiger partial charge in [-0.3, -0.25) is 9.59 Å². The van der Waals surface area contributed by atoms with Crippen molar-refractivity contribution in [2.24, 2.45) is 24.4 Å². The number of benzene rings is 1. The number of fused-ring (bicyclic) bond motifs is 2. The lowest BCUT2D eigenvalue weighted by molar-refractivity contribution is 0.0709. The lowest BCUT2D eigenvalue weighted by atomic mass is 10.0. The molecule has 9 nitrogen and oxygen atoms in total. The molecule has 6 rings (SSSR count). The zero-order valence-electron chi connectivity index (χ0n) is 19.8. The zero-order valence-corrected chi connectivity index (χ0v) is 19.8. The number of likely N-dealkylation sites (tertiary alicyclic amines) is 1. The SMILES string of the molecule is Cn1c(-c2cc3cccnc3n2CC2CC2)nc2cc(C(=O)N3CCC[C@@H](N)C3)cc(C(N)=O)c21. The highest BCUT2D eigenvalue weighted by atomic mass is 16.2. The monoisotopic (exact) mass is 471 g/mol. The molecule has 1 aliphatic heterocycles. The van der Waals surface area contributed by atoms with Gasteiger partial charge in [-0.15, -0.1) is 0 Å². The van der Waals surface area contributed by atoms with E-state index in [9.17, 15) is 9.59 Å². The van der Waals surface area contributed by atoms with Crippen molar-refractivity contribution >= 4 is 33.9 Å². The third kappa shape index (κ3) is 3.76. The van der Waals surface area contributed by atoms with Gasteiger partial charge in [0.05, 0.1) is 22.3 Å². The summed E-state index contributed by atoms with van der Waals surface area (Å²) in [5.74, 6) is 0.617. The molecule has 0 spiro atoms. The maximum atomic E-state index is 13.3. The highest BCUT2D eigenvalue weighted by Crippen LogP contribution is 2.36. The molecular formula is C26H29N7O2. The predicted molar refractivity (Wildman–Crippen MR) is 134 cm³/mol. The Bertz CT molecular complexity index is 1480. The summed E-state index contributed by atoms with van der Waals surface area (Å²) in [7, 11) is 1.88. The molecule has 3 aromatic heterocycles. The Labute approximate surface area is 202 Å². The van der Waals surface area contributed by atoms with E-state index in [0.29, 0.717) is 41.4 Å². The molecule has 4 N–H and O–H groups in total. The molecule has 4 heterocycles. The van der Waals surface area contributed by atoms with Crippen LogP contribution in [0.5, 0.6) is 0 Å². The molecule has 1 aromatic carbocycles. The van der Waals surface area contributed by atoms with Crippen LogP contribution in [0.15, 0.2) is 36.5 Å². The molecule has 0 radical (unpaired) electrons. The number of hydrogen-bond donors (Lipinski definition) is 2. The van der Waals surface area contributed by atoms with Gasteiger partial charge >= 0.3 is 0 Å². The number of carbonyl (C=O) groups is 2. The first-order valence-electron chi connectivity index (χ1n) is 12.2. The second-order valence-corrected chi connectivity index (χ2v) is 9.90. The smallest absolute Gasteiger partial charge is 0.254 e. The van der Waals surface area contributed by atoms with Crippen molar-refractivity contribution in [2.75, 3.05) is 13.1 Å². The van der Waals surface area contributed by atoms with Crippen molar-refractivity contribution < 1.29 is 9.59 Å². The Balaban J connectivity index is 1.50. The molecule has 4 aromatic rings. The fourth-order valence-electron chi connectivity index (χ4n) is 5.28. The largest absolute Gasteiger partial charge is 0.366 e. The third-order valence-electron chi connectivity index (χ3n) is 7.25. The number of amides is 2. The number of nitrogens with two attached hydrogens (primary N) is 2. The van der Waals surface area contributed by atoms with Gasteiger partial charge in [0.25, 0.3) is 11.8 Å². The normalized spacial score (nSPS) is 18.5. The Hall–Kier alpha value is -3.72. The van der Waals surface area contributed by atoms with Gasteiger partial charge in [-0.25, -0.2) is 9.97 Å². The standard InChI is InChI=1S/C26H29N7O2/c1-31-22-19(23(28)34)10-17(26(35)32-9-3-5-18(27)14-32)11-20(22)30-25(31)21-12-16-4-2-8-29-24(16)33(21)13-15-6-7-15/h2,4,8,10-12,15,18H,3,5-7,9,13-14,27H2,1H3,(H2,28,34)/t18-/m1/s1. The lowest BCUT2D eigenvalue weighted by Crippen LogP contribution is -2.45. The molecular weight excluding hydrogens is 442 g/mol. The van der Waals surface area contributed by atoms with E-state index in [1.165, 1.54) is 12.8 Å². The van der Waals surface area contributed by atoms with Crippen LogP contribution in [0, 0.1) is 5.92 Å². The number of hydrogen-bond acceptors (Lipinski definition) is 5. The third-order valence-corrected chi connectivity index (χ3v) is 7.25. The summed E-state index contributed by atoms with van der Waals surface area (Å²) < 4.78 is 4.12. The average Bonchev–Trinajstić information content (AvgIpc) is 3.52. The average molecular weight is 472 g/mol. The number of carbonyl (C=O) groups excluding carboxylic acids is 2. The Kier molecular flexibility index (Phi) is 5.10. The summed E-state index contributed by atoms with van der Waals surface area (Å²) in [6, 6.07) is 9.40. The van der Waals surface area contributed by atoms with Crippen LogP contribution in [0.25, 0.3) is 33.6 Å². The number of imidazole rings is 1. The molecule has 35 heavy (non-hydrogen) atoms. The molecule has 2 aliphatic rings. The van der Waals surface area contributed by atoms with E-state index in [1.54, 1.807) is 23.2 Å². The van der Waals surface area contributed by atoms with Crippen LogP contribution in [0.2, 0.25) is 0 Å². The molecule has 180 valence electrons. The quantitative estimate of drug-likeness (QED) is 0.463. The second-order valence-electron chi connectivity index (χ2n) is 9.90. The van der Waals surface area contributed by atoms with E-state index >= 15 is 0 Å². The number of nitrogens with zero attached hydrogens (tertiary/aromatic N) is 5. The summed E-state index contributed by atoms with van der Waals surface area (Å²) >= 11 is 0. The molecule has 2 fully saturated rings. The van der Waals surface area contributed by atoms with Crippen molar-refractivity contribution in [1.29, 1.82) is 0 Å². The number of aryl methyl sites for hydroxylation is 1. The van der Waals surface area contributed by atoms with Crippen LogP contribution in [-0.2, 0) is 13.6 Å². The summed E-state index contributed by atoms with van der Waals surface area (Å²) in [6.07, 6.45) is 6.01. The van der Waals surface area contributed by atoms with Crippen LogP contribution in [0.1, 0.15) is 46.4 Å². The number of pyridine rings is 1. The molecule has 1 saturated carbocycles. The van der Waals surface area contributed by atoms with Crippen molar-refractivity contribution in [3.8, 4) is 11.5 Å². The van der Waals surface area contributed by atoms with Crippen LogP contribution in [0.4, 0.5) is 0 Å². The fourth-order valence-corrected chi connectivity index (χ4v) is 5.28. The minimum atomic E-state index is -0.588. The first kappa shape index (κ1) is 21.8. The Morgan fingerprint density at radius 1 is 1.17 bits per heavy atom. The Morgan fingerprint density at radius 2 is 2.00 bits per heavy atom. The van der Waals surface area contributed by atoms with Gasteiger partial charge in [-0.2, -0.15) is 0 Å². The molecule has 9 heteroatoms. The minimum Gasteiger partial charge on any atom is -0.366 e. The molecule has 1 saturated heterocycles. The van der Waals surface area contributed by atoms with Crippen LogP contribution in [0.3, 0.4) is 0 Å². The number of aromatic nitrogens is 4. The van der Waals surface area contributed by atoms with Gasteiger partial charge in [-0.1, -0.05) is 0 Å². The maximum absolute atomic E-state index is 13.3. The number of primary amides is 1. The molecule has 1 aliphatic carbocycles. The van der Waals surface area contributed by atoms with E-state index < -0.39 is 5.91 Å². The minimum absolute atomic E-state index is 0.0320. The van der Waals surface area contributed by atoms with Crippen molar-refractivity contribution in [2.45, 2.75) is 38.3 Å². The van der Waals surface area contributed by atoms with Gasteiger partial charge in [0, 0.05) is 49.9 Å². The van der Waals surface area contributed by atoms with Gasteiger partial charge < -0.3 is 25.5 Å². The summed E-state index contributed by atoms with van der Waals surface area (Å²) in [5.41, 5.74) is 15.6. The highest BCUT2D eigenvalue weighted by Gasteiger charge is 2.28. The molecule has 0 bridgehead atoms. The van der Waals surface area contributed by atoms with E-state index in [4.69, 9.17) is 16.5 Å². The highest BCUT2D eigenvalue weighted by molar-refractivity contribution is 6.09. The van der Waals surface area contributed by atoms with E-state index in [1.807, 2.05) is 23.7 Å². The molecule has 2 amide bonds. The van der Waals surface area contributed by atoms with Gasteiger partial charge in [0.2, 0.25) is 0 Å². The van der Waals surface area contributed by atoms with Crippen molar-refractivity contribution in [3.05, 3.63) is 47.7 Å². The van der Waals surface area contributed by atoms with Gasteiger partial charge in [-0.05, 0) is 61.9 Å². The zero-order chi connectivity index (χ0) is 24.3. The second kappa shape index (κ2) is 8.20. The lowest BCUT2D eigenvalue weighted by Gasteiger charge is -2.30. The van der Waals surface area contributed by atoms with Crippen LogP contribution < -0.4 is 11.5 Å². The number of rotatable bonds is 5. The fraction of sp³-hybridized carbons (Fsp3) is 0.385. The first-order chi connectivity index (χ1) is 16.9.